The number of nitrogens with zero attached hydrogens (tertiary/aromatic N) is 7. The van der Waals surface area contributed by atoms with Crippen molar-refractivity contribution in [1.82, 2.24) is 30.0 Å². The third kappa shape index (κ3) is 5.69. The van der Waals surface area contributed by atoms with E-state index >= 15 is 0 Å². The van der Waals surface area contributed by atoms with Crippen molar-refractivity contribution in [3.05, 3.63) is 84.5 Å². The molecule has 5 aromatic rings. The highest BCUT2D eigenvalue weighted by Crippen LogP contribution is 2.32. The van der Waals surface area contributed by atoms with Crippen molar-refractivity contribution in [2.45, 2.75) is 13.0 Å². The van der Waals surface area contributed by atoms with Gasteiger partial charge in [-0.1, -0.05) is 0 Å². The van der Waals surface area contributed by atoms with Crippen LogP contribution in [0, 0.1) is 5.82 Å². The molecule has 2 aliphatic rings. The molecule has 2 fully saturated rings. The number of likely N-dealkylation sites (tertiary alicyclic amines) is 1. The number of anilines is 2. The van der Waals surface area contributed by atoms with E-state index in [0.29, 0.717) is 30.4 Å². The maximum absolute atomic E-state index is 14.9. The quantitative estimate of drug-likeness (QED) is 0.211. The van der Waals surface area contributed by atoms with E-state index < -0.39 is 0 Å². The summed E-state index contributed by atoms with van der Waals surface area (Å²) in [7, 11) is 1.72. The van der Waals surface area contributed by atoms with Gasteiger partial charge in [0.25, 0.3) is 0 Å². The van der Waals surface area contributed by atoms with Crippen LogP contribution < -0.4 is 10.2 Å². The number of hydrogen-bond donors (Lipinski definition) is 2. The largest absolute Gasteiger partial charge is 0.378 e. The lowest BCUT2D eigenvalue weighted by Crippen LogP contribution is -2.36. The second-order valence-electron chi connectivity index (χ2n) is 10.8. The average molecular weight is 578 g/mol. The van der Waals surface area contributed by atoms with E-state index in [2.05, 4.69) is 57.4 Å². The van der Waals surface area contributed by atoms with Crippen LogP contribution in [0.3, 0.4) is 0 Å². The molecule has 2 N–H and O–H groups in total. The van der Waals surface area contributed by atoms with Crippen LogP contribution in [0.2, 0.25) is 0 Å². The lowest BCUT2D eigenvalue weighted by Gasteiger charge is -2.30. The van der Waals surface area contributed by atoms with E-state index in [-0.39, 0.29) is 5.82 Å². The van der Waals surface area contributed by atoms with Crippen molar-refractivity contribution in [2.24, 2.45) is 4.99 Å². The number of benzene rings is 1. The Bertz CT molecular complexity index is 1790. The number of halogens is 1. The molecule has 4 aromatic heterocycles. The second-order valence-corrected chi connectivity index (χ2v) is 10.8. The van der Waals surface area contributed by atoms with Crippen LogP contribution in [-0.4, -0.2) is 82.3 Å². The van der Waals surface area contributed by atoms with Crippen molar-refractivity contribution in [3.63, 3.8) is 0 Å². The van der Waals surface area contributed by atoms with Crippen LogP contribution in [0.15, 0.2) is 72.4 Å². The fourth-order valence-electron chi connectivity index (χ4n) is 5.59. The van der Waals surface area contributed by atoms with Gasteiger partial charge in [-0.3, -0.25) is 25.0 Å². The number of aromatic nitrogens is 5. The predicted octanol–water partition coefficient (Wildman–Crippen LogP) is 4.75. The molecule has 6 heterocycles. The van der Waals surface area contributed by atoms with Crippen LogP contribution in [0.5, 0.6) is 0 Å². The number of hydrogen-bond acceptors (Lipinski definition) is 8. The zero-order valence-corrected chi connectivity index (χ0v) is 23.9. The lowest BCUT2D eigenvalue weighted by atomic mass is 10.0. The highest BCUT2D eigenvalue weighted by molar-refractivity contribution is 6.15. The fourth-order valence-corrected chi connectivity index (χ4v) is 5.59. The number of pyridine rings is 3. The Hall–Kier alpha value is -4.74. The normalized spacial score (nSPS) is 16.0. The number of fused-ring (bicyclic) bond motifs is 1. The zero-order valence-electron chi connectivity index (χ0n) is 23.9. The van der Waals surface area contributed by atoms with E-state index in [1.54, 1.807) is 25.5 Å². The molecule has 218 valence electrons. The molecule has 0 bridgehead atoms. The van der Waals surface area contributed by atoms with Gasteiger partial charge in [-0.05, 0) is 67.0 Å². The molecule has 10 nitrogen and oxygen atoms in total. The van der Waals surface area contributed by atoms with Gasteiger partial charge in [0.15, 0.2) is 11.5 Å². The van der Waals surface area contributed by atoms with Gasteiger partial charge in [0.05, 0.1) is 24.3 Å². The lowest BCUT2D eigenvalue weighted by molar-refractivity contribution is 0.122. The summed E-state index contributed by atoms with van der Waals surface area (Å²) in [5.41, 5.74) is 7.45. The molecule has 7 rings (SSSR count). The van der Waals surface area contributed by atoms with Gasteiger partial charge in [-0.25, -0.2) is 9.37 Å². The van der Waals surface area contributed by atoms with Crippen LogP contribution in [-0.2, 0) is 11.3 Å². The summed E-state index contributed by atoms with van der Waals surface area (Å²) >= 11 is 0. The van der Waals surface area contributed by atoms with Gasteiger partial charge in [0.1, 0.15) is 11.5 Å². The van der Waals surface area contributed by atoms with Gasteiger partial charge in [0.2, 0.25) is 0 Å². The third-order valence-electron chi connectivity index (χ3n) is 8.00. The van der Waals surface area contributed by atoms with Crippen LogP contribution in [0.25, 0.3) is 33.3 Å². The van der Waals surface area contributed by atoms with Gasteiger partial charge >= 0.3 is 0 Å². The molecule has 11 heteroatoms. The monoisotopic (exact) mass is 577 g/mol. The van der Waals surface area contributed by atoms with Crippen molar-refractivity contribution >= 4 is 28.2 Å². The molecular formula is C32H32FN9O. The number of amidine groups is 1. The molecule has 0 unspecified atom stereocenters. The summed E-state index contributed by atoms with van der Waals surface area (Å²) in [6, 6.07) is 11.2. The van der Waals surface area contributed by atoms with Crippen molar-refractivity contribution < 1.29 is 9.13 Å². The molecular weight excluding hydrogens is 545 g/mol. The predicted molar refractivity (Wildman–Crippen MR) is 166 cm³/mol. The highest BCUT2D eigenvalue weighted by Gasteiger charge is 2.19. The van der Waals surface area contributed by atoms with E-state index in [4.69, 9.17) is 4.74 Å². The van der Waals surface area contributed by atoms with E-state index in [1.807, 2.05) is 30.7 Å². The van der Waals surface area contributed by atoms with Gasteiger partial charge in [-0.15, -0.1) is 0 Å². The number of ether oxygens (including phenoxy) is 1. The number of aliphatic imine (C=N–C) groups is 1. The van der Waals surface area contributed by atoms with Crippen LogP contribution in [0.4, 0.5) is 15.8 Å². The van der Waals surface area contributed by atoms with Gasteiger partial charge in [-0.2, -0.15) is 5.10 Å². The number of aromatic amines is 1. The molecule has 43 heavy (non-hydrogen) atoms. The Balaban J connectivity index is 1.19. The molecule has 0 saturated carbocycles. The summed E-state index contributed by atoms with van der Waals surface area (Å²) in [5.74, 6) is 0.267. The second kappa shape index (κ2) is 11.9. The molecule has 0 spiro atoms. The minimum absolute atomic E-state index is 0.306. The number of H-pyrrole nitrogens is 1. The molecule has 0 aliphatic carbocycles. The number of nitrogens with one attached hydrogen (secondary N) is 2. The van der Waals surface area contributed by atoms with Crippen LogP contribution in [0.1, 0.15) is 17.7 Å². The third-order valence-corrected chi connectivity index (χ3v) is 8.00. The zero-order chi connectivity index (χ0) is 29.2. The van der Waals surface area contributed by atoms with E-state index in [0.717, 1.165) is 71.7 Å². The summed E-state index contributed by atoms with van der Waals surface area (Å²) in [6.45, 7) is 5.85. The Morgan fingerprint density at radius 1 is 0.977 bits per heavy atom. The maximum atomic E-state index is 14.9. The van der Waals surface area contributed by atoms with Crippen molar-refractivity contribution in [2.75, 3.05) is 56.7 Å². The Labute approximate surface area is 248 Å². The number of morpholine rings is 1. The minimum Gasteiger partial charge on any atom is -0.378 e. The molecule has 1 aromatic carbocycles. The first kappa shape index (κ1) is 27.1. The Kier molecular flexibility index (Phi) is 7.48. The molecule has 2 aliphatic heterocycles. The fraction of sp³-hybridized carbons (Fsp3) is 0.281. The summed E-state index contributed by atoms with van der Waals surface area (Å²) in [6.07, 6.45) is 10.3. The molecule has 0 atom stereocenters. The smallest absolute Gasteiger partial charge is 0.181 e. The van der Waals surface area contributed by atoms with Crippen molar-refractivity contribution in [3.8, 4) is 22.3 Å². The molecule has 2 saturated heterocycles. The highest BCUT2D eigenvalue weighted by atomic mass is 19.1. The Morgan fingerprint density at radius 2 is 1.84 bits per heavy atom. The minimum atomic E-state index is -0.306. The summed E-state index contributed by atoms with van der Waals surface area (Å²) in [5, 5.41) is 11.8. The average Bonchev–Trinajstić information content (AvgIpc) is 3.45. The van der Waals surface area contributed by atoms with Crippen molar-refractivity contribution in [1.29, 1.82) is 0 Å². The first-order chi connectivity index (χ1) is 21.1. The van der Waals surface area contributed by atoms with Crippen LogP contribution >= 0.6 is 0 Å². The molecule has 0 amide bonds. The summed E-state index contributed by atoms with van der Waals surface area (Å²) < 4.78 is 20.3. The van der Waals surface area contributed by atoms with Gasteiger partial charge in [0, 0.05) is 80.0 Å². The SMILES string of the molecule is CN=C(Nc1ccncc1-c1cc(F)cc(N2CCOCC2)c1)c1[nH]nc2ncc(-c3cncc(CN4CCC4)c3)cc12. The van der Waals surface area contributed by atoms with E-state index in [1.165, 1.54) is 18.1 Å². The van der Waals surface area contributed by atoms with E-state index in [9.17, 15) is 4.39 Å². The maximum Gasteiger partial charge on any atom is 0.181 e. The van der Waals surface area contributed by atoms with Gasteiger partial charge < -0.3 is 15.0 Å². The number of rotatable bonds is 7. The standard InChI is InChI=1S/C32H32FN9O/c1-34-32(38-29-3-4-35-19-28(29)22-12-25(33)15-26(13-22)42-7-9-43-10-8-42)30-27-14-24(18-37-31(27)40-39-30)23-11-21(16-36-17-23)20-41-5-2-6-41/h3-4,11-19H,2,5-10,20H2,1H3,(H,34,35,38)(H,37,39,40). The molecule has 0 radical (unpaired) electrons. The topological polar surface area (TPSA) is 107 Å². The Morgan fingerprint density at radius 3 is 2.65 bits per heavy atom. The first-order valence-electron chi connectivity index (χ1n) is 14.5. The summed E-state index contributed by atoms with van der Waals surface area (Å²) in [4.78, 5) is 22.6. The first-order valence-corrected chi connectivity index (χ1v) is 14.5.